The Hall–Kier alpha value is -1.73. The second kappa shape index (κ2) is 4.27. The first-order valence-corrected chi connectivity index (χ1v) is 6.42. The van der Waals surface area contributed by atoms with Crippen LogP contribution in [0, 0.1) is 0 Å². The quantitative estimate of drug-likeness (QED) is 0.736. The van der Waals surface area contributed by atoms with Crippen LogP contribution in [0.15, 0.2) is 35.5 Å². The van der Waals surface area contributed by atoms with Crippen LogP contribution < -0.4 is 10.5 Å². The number of H-pyrrole nitrogens is 1. The van der Waals surface area contributed by atoms with E-state index in [9.17, 15) is 8.42 Å². The van der Waals surface area contributed by atoms with Crippen molar-refractivity contribution in [2.75, 3.05) is 10.5 Å². The van der Waals surface area contributed by atoms with Crippen LogP contribution >= 0.6 is 11.6 Å². The maximum Gasteiger partial charge on any atom is 0.265 e. The third-order valence-electron chi connectivity index (χ3n) is 2.02. The minimum absolute atomic E-state index is 0.0328. The van der Waals surface area contributed by atoms with Crippen molar-refractivity contribution >= 4 is 33.0 Å². The van der Waals surface area contributed by atoms with Gasteiger partial charge in [-0.25, -0.2) is 8.42 Å². The van der Waals surface area contributed by atoms with Crippen molar-refractivity contribution in [1.29, 1.82) is 0 Å². The number of nitrogens with two attached hydrogens (primary N) is 1. The summed E-state index contributed by atoms with van der Waals surface area (Å²) in [5, 5.41) is 6.23. The molecule has 0 fully saturated rings. The number of nitrogens with one attached hydrogen (secondary N) is 2. The van der Waals surface area contributed by atoms with Gasteiger partial charge in [-0.15, -0.1) is 0 Å². The first-order chi connectivity index (χ1) is 7.99. The molecule has 0 aliphatic rings. The maximum atomic E-state index is 11.8. The van der Waals surface area contributed by atoms with Crippen LogP contribution in [0.25, 0.3) is 0 Å². The Balaban J connectivity index is 2.33. The third-order valence-corrected chi connectivity index (χ3v) is 3.67. The molecule has 2 aromatic rings. The third kappa shape index (κ3) is 2.51. The first kappa shape index (κ1) is 11.7. The zero-order valence-corrected chi connectivity index (χ0v) is 10.1. The molecule has 0 spiro atoms. The normalized spacial score (nSPS) is 11.4. The summed E-state index contributed by atoms with van der Waals surface area (Å²) in [5.41, 5.74) is 6.23. The van der Waals surface area contributed by atoms with E-state index in [4.69, 9.17) is 17.3 Å². The SMILES string of the molecule is Nc1ccc(NS(=O)(=O)c2cn[nH]c2)c(Cl)c1. The van der Waals surface area contributed by atoms with Gasteiger partial charge in [0.05, 0.1) is 16.9 Å². The average molecular weight is 273 g/mol. The van der Waals surface area contributed by atoms with Crippen molar-refractivity contribution < 1.29 is 8.42 Å². The zero-order valence-electron chi connectivity index (χ0n) is 8.51. The smallest absolute Gasteiger partial charge is 0.265 e. The molecule has 90 valence electrons. The number of halogens is 1. The van der Waals surface area contributed by atoms with Crippen LogP contribution in [0.3, 0.4) is 0 Å². The van der Waals surface area contributed by atoms with Gasteiger partial charge in [0.25, 0.3) is 10.0 Å². The number of benzene rings is 1. The van der Waals surface area contributed by atoms with Crippen molar-refractivity contribution in [1.82, 2.24) is 10.2 Å². The highest BCUT2D eigenvalue weighted by molar-refractivity contribution is 7.92. The van der Waals surface area contributed by atoms with E-state index in [0.29, 0.717) is 5.69 Å². The molecule has 8 heteroatoms. The van der Waals surface area contributed by atoms with E-state index in [1.165, 1.54) is 24.5 Å². The summed E-state index contributed by atoms with van der Waals surface area (Å²) in [5.74, 6) is 0. The Labute approximate surface area is 103 Å². The fourth-order valence-electron chi connectivity index (χ4n) is 1.20. The van der Waals surface area contributed by atoms with E-state index in [2.05, 4.69) is 14.9 Å². The summed E-state index contributed by atoms with van der Waals surface area (Å²) < 4.78 is 26.0. The molecule has 2 rings (SSSR count). The maximum absolute atomic E-state index is 11.8. The van der Waals surface area contributed by atoms with Gasteiger partial charge in [-0.1, -0.05) is 11.6 Å². The highest BCUT2D eigenvalue weighted by Crippen LogP contribution is 2.26. The first-order valence-electron chi connectivity index (χ1n) is 4.56. The molecule has 4 N–H and O–H groups in total. The summed E-state index contributed by atoms with van der Waals surface area (Å²) >= 11 is 5.87. The summed E-state index contributed by atoms with van der Waals surface area (Å²) in [6.07, 6.45) is 2.47. The molecule has 0 aliphatic carbocycles. The van der Waals surface area contributed by atoms with Crippen LogP contribution in [0.4, 0.5) is 11.4 Å². The number of nitrogens with zero attached hydrogens (tertiary/aromatic N) is 1. The highest BCUT2D eigenvalue weighted by atomic mass is 35.5. The predicted molar refractivity (Wildman–Crippen MR) is 65.3 cm³/mol. The molecule has 0 atom stereocenters. The molecule has 1 heterocycles. The number of aromatic amines is 1. The number of rotatable bonds is 3. The molecular formula is C9H9ClN4O2S. The van der Waals surface area contributed by atoms with Crippen LogP contribution in [-0.4, -0.2) is 18.6 Å². The lowest BCUT2D eigenvalue weighted by Crippen LogP contribution is -2.12. The molecule has 0 amide bonds. The molecule has 0 unspecified atom stereocenters. The van der Waals surface area contributed by atoms with E-state index in [1.807, 2.05) is 0 Å². The van der Waals surface area contributed by atoms with Gasteiger partial charge >= 0.3 is 0 Å². The fourth-order valence-corrected chi connectivity index (χ4v) is 2.48. The van der Waals surface area contributed by atoms with Crippen LogP contribution in [0.1, 0.15) is 0 Å². The number of anilines is 2. The van der Waals surface area contributed by atoms with Gasteiger partial charge in [0.2, 0.25) is 0 Å². The lowest BCUT2D eigenvalue weighted by Gasteiger charge is -2.08. The Kier molecular flexibility index (Phi) is 2.95. The van der Waals surface area contributed by atoms with Gasteiger partial charge in [-0.2, -0.15) is 5.10 Å². The van der Waals surface area contributed by atoms with E-state index in [-0.39, 0.29) is 15.6 Å². The van der Waals surface area contributed by atoms with Crippen molar-refractivity contribution in [3.63, 3.8) is 0 Å². The summed E-state index contributed by atoms with van der Waals surface area (Å²) in [4.78, 5) is 0.0328. The van der Waals surface area contributed by atoms with Crippen LogP contribution in [0.5, 0.6) is 0 Å². The largest absolute Gasteiger partial charge is 0.399 e. The highest BCUT2D eigenvalue weighted by Gasteiger charge is 2.16. The van der Waals surface area contributed by atoms with Gasteiger partial charge < -0.3 is 5.73 Å². The minimum Gasteiger partial charge on any atom is -0.399 e. The van der Waals surface area contributed by atoms with Gasteiger partial charge in [0.15, 0.2) is 0 Å². The molecule has 1 aromatic heterocycles. The Morgan fingerprint density at radius 3 is 2.76 bits per heavy atom. The van der Waals surface area contributed by atoms with Crippen LogP contribution in [0.2, 0.25) is 5.02 Å². The Morgan fingerprint density at radius 2 is 2.18 bits per heavy atom. The Morgan fingerprint density at radius 1 is 1.41 bits per heavy atom. The van der Waals surface area contributed by atoms with E-state index in [1.54, 1.807) is 6.07 Å². The summed E-state index contributed by atoms with van der Waals surface area (Å²) in [6.45, 7) is 0. The number of hydrogen-bond acceptors (Lipinski definition) is 4. The summed E-state index contributed by atoms with van der Waals surface area (Å²) in [7, 11) is -3.67. The van der Waals surface area contributed by atoms with E-state index < -0.39 is 10.0 Å². The van der Waals surface area contributed by atoms with Gasteiger partial charge in [0.1, 0.15) is 4.90 Å². The van der Waals surface area contributed by atoms with Gasteiger partial charge in [-0.05, 0) is 18.2 Å². The number of hydrogen-bond donors (Lipinski definition) is 3. The predicted octanol–water partition coefficient (Wildman–Crippen LogP) is 1.45. The molecular weight excluding hydrogens is 264 g/mol. The lowest BCUT2D eigenvalue weighted by molar-refractivity contribution is 0.601. The molecule has 0 saturated heterocycles. The molecule has 0 aliphatic heterocycles. The standard InChI is InChI=1S/C9H9ClN4O2S/c10-8-3-6(11)1-2-9(8)14-17(15,16)7-4-12-13-5-7/h1-5,14H,11H2,(H,12,13). The Bertz CT molecular complexity index is 624. The zero-order chi connectivity index (χ0) is 12.5. The molecule has 17 heavy (non-hydrogen) atoms. The van der Waals surface area contributed by atoms with Crippen molar-refractivity contribution in [3.8, 4) is 0 Å². The number of nitrogen functional groups attached to an aromatic ring is 1. The van der Waals surface area contributed by atoms with E-state index in [0.717, 1.165) is 0 Å². The average Bonchev–Trinajstić information content (AvgIpc) is 2.76. The van der Waals surface area contributed by atoms with Crippen LogP contribution in [-0.2, 0) is 10.0 Å². The minimum atomic E-state index is -3.67. The monoisotopic (exact) mass is 272 g/mol. The van der Waals surface area contributed by atoms with Crippen molar-refractivity contribution in [3.05, 3.63) is 35.6 Å². The van der Waals surface area contributed by atoms with Crippen molar-refractivity contribution in [2.45, 2.75) is 4.90 Å². The van der Waals surface area contributed by atoms with Gasteiger partial charge in [-0.3, -0.25) is 9.82 Å². The molecule has 0 radical (unpaired) electrons. The second-order valence-electron chi connectivity index (χ2n) is 3.28. The number of aromatic nitrogens is 2. The summed E-state index contributed by atoms with van der Waals surface area (Å²) in [6, 6.07) is 4.52. The molecule has 1 aromatic carbocycles. The fraction of sp³-hybridized carbons (Fsp3) is 0. The van der Waals surface area contributed by atoms with Crippen molar-refractivity contribution in [2.24, 2.45) is 0 Å². The second-order valence-corrected chi connectivity index (χ2v) is 5.37. The van der Waals surface area contributed by atoms with E-state index >= 15 is 0 Å². The van der Waals surface area contributed by atoms with Gasteiger partial charge in [0, 0.05) is 11.9 Å². The lowest BCUT2D eigenvalue weighted by atomic mass is 10.3. The number of sulfonamides is 1. The molecule has 6 nitrogen and oxygen atoms in total. The molecule has 0 bridgehead atoms. The topological polar surface area (TPSA) is 101 Å². The molecule has 0 saturated carbocycles.